The summed E-state index contributed by atoms with van der Waals surface area (Å²) in [6.45, 7) is 0. The highest BCUT2D eigenvalue weighted by molar-refractivity contribution is 5.21. The second-order valence-electron chi connectivity index (χ2n) is 6.35. The Labute approximate surface area is 85.9 Å². The van der Waals surface area contributed by atoms with Crippen LogP contribution in [0.3, 0.4) is 0 Å². The van der Waals surface area contributed by atoms with Crippen molar-refractivity contribution < 1.29 is 5.11 Å². The zero-order valence-corrected chi connectivity index (χ0v) is 8.84. The molecule has 0 aliphatic heterocycles. The van der Waals surface area contributed by atoms with E-state index in [0.717, 1.165) is 18.3 Å². The van der Waals surface area contributed by atoms with E-state index in [1.807, 2.05) is 0 Å². The van der Waals surface area contributed by atoms with Gasteiger partial charge >= 0.3 is 0 Å². The van der Waals surface area contributed by atoms with E-state index in [4.69, 9.17) is 0 Å². The van der Waals surface area contributed by atoms with E-state index >= 15 is 0 Å². The van der Waals surface area contributed by atoms with Gasteiger partial charge in [0.1, 0.15) is 0 Å². The number of fused-ring (bicyclic) bond motifs is 1. The molecule has 1 N–H and O–H groups in total. The summed E-state index contributed by atoms with van der Waals surface area (Å²) in [4.78, 5) is 0. The molecule has 1 heteroatoms. The van der Waals surface area contributed by atoms with Crippen molar-refractivity contribution in [3.05, 3.63) is 0 Å². The Hall–Kier alpha value is -0.0400. The van der Waals surface area contributed by atoms with Gasteiger partial charge in [-0.15, -0.1) is 0 Å². The normalized spacial score (nSPS) is 64.5. The minimum atomic E-state index is 0.0674. The number of aliphatic hydroxyl groups is 1. The Morgan fingerprint density at radius 2 is 1.57 bits per heavy atom. The van der Waals surface area contributed by atoms with Crippen molar-refractivity contribution in [2.45, 2.75) is 57.5 Å². The first-order valence-corrected chi connectivity index (χ1v) is 6.47. The maximum atomic E-state index is 10.2. The Balaban J connectivity index is 1.79. The highest BCUT2D eigenvalue weighted by Crippen LogP contribution is 2.78. The Morgan fingerprint density at radius 1 is 0.786 bits per heavy atom. The molecule has 0 aromatic rings. The lowest BCUT2D eigenvalue weighted by atomic mass is 9.36. The molecule has 0 spiro atoms. The summed E-state index contributed by atoms with van der Waals surface area (Å²) in [6.07, 6.45) is 11.1. The molecule has 0 saturated heterocycles. The molecule has 5 unspecified atom stereocenters. The molecule has 4 fully saturated rings. The zero-order chi connectivity index (χ0) is 9.39. The smallest absolute Gasteiger partial charge is 0.0602 e. The molecule has 1 nitrogen and oxygen atoms in total. The summed E-state index contributed by atoms with van der Waals surface area (Å²) in [5.41, 5.74) is 1.07. The first-order chi connectivity index (χ1) is 6.79. The van der Waals surface area contributed by atoms with Crippen LogP contribution in [0.4, 0.5) is 0 Å². The van der Waals surface area contributed by atoms with E-state index < -0.39 is 0 Å². The highest BCUT2D eigenvalue weighted by atomic mass is 16.3. The first-order valence-electron chi connectivity index (χ1n) is 6.47. The second-order valence-corrected chi connectivity index (χ2v) is 6.35. The number of hydrogen-bond acceptors (Lipinski definition) is 1. The lowest BCUT2D eigenvalue weighted by Crippen LogP contribution is -2.62. The average Bonchev–Trinajstić information content (AvgIpc) is 2.29. The van der Waals surface area contributed by atoms with E-state index in [9.17, 15) is 5.11 Å². The third-order valence-corrected chi connectivity index (χ3v) is 6.60. The molecule has 78 valence electrons. The molecule has 4 rings (SSSR count). The van der Waals surface area contributed by atoms with Crippen molar-refractivity contribution in [2.75, 3.05) is 0 Å². The van der Waals surface area contributed by atoms with Crippen LogP contribution in [0.2, 0.25) is 0 Å². The topological polar surface area (TPSA) is 20.2 Å². The molecule has 14 heavy (non-hydrogen) atoms. The second kappa shape index (κ2) is 2.21. The third-order valence-electron chi connectivity index (χ3n) is 6.60. The fourth-order valence-corrected chi connectivity index (χ4v) is 5.68. The van der Waals surface area contributed by atoms with Gasteiger partial charge in [-0.05, 0) is 68.6 Å². The maximum Gasteiger partial charge on any atom is 0.0602 e. The molecule has 0 bridgehead atoms. The molecule has 4 saturated carbocycles. The van der Waals surface area contributed by atoms with Crippen molar-refractivity contribution in [3.8, 4) is 0 Å². The van der Waals surface area contributed by atoms with E-state index in [0.29, 0.717) is 10.8 Å². The van der Waals surface area contributed by atoms with Crippen LogP contribution in [-0.2, 0) is 0 Å². The lowest BCUT2D eigenvalue weighted by molar-refractivity contribution is -0.215. The molecular weight excluding hydrogens is 172 g/mol. The zero-order valence-electron chi connectivity index (χ0n) is 8.84. The van der Waals surface area contributed by atoms with Gasteiger partial charge in [0.25, 0.3) is 0 Å². The number of hydrogen-bond donors (Lipinski definition) is 1. The summed E-state index contributed by atoms with van der Waals surface area (Å²) in [5.74, 6) is 2.09. The number of rotatable bonds is 0. The van der Waals surface area contributed by atoms with Crippen molar-refractivity contribution in [1.29, 1.82) is 0 Å². The predicted octanol–water partition coefficient (Wildman–Crippen LogP) is 2.73. The molecule has 0 aromatic carbocycles. The third kappa shape index (κ3) is 0.599. The fourth-order valence-electron chi connectivity index (χ4n) is 5.68. The molecule has 5 atom stereocenters. The Bertz CT molecular complexity index is 287. The van der Waals surface area contributed by atoms with Crippen LogP contribution < -0.4 is 0 Å². The van der Waals surface area contributed by atoms with Gasteiger partial charge in [0.05, 0.1) is 6.10 Å². The lowest BCUT2D eigenvalue weighted by Gasteiger charge is -2.68. The van der Waals surface area contributed by atoms with Crippen LogP contribution in [0.25, 0.3) is 0 Å². The summed E-state index contributed by atoms with van der Waals surface area (Å²) in [7, 11) is 0. The van der Waals surface area contributed by atoms with E-state index in [1.54, 1.807) is 0 Å². The SMILES string of the molecule is OC1CCC23CCC12CCC1CCC13. The van der Waals surface area contributed by atoms with E-state index in [1.165, 1.54) is 44.9 Å². The summed E-state index contributed by atoms with van der Waals surface area (Å²) >= 11 is 0. The van der Waals surface area contributed by atoms with Gasteiger partial charge in [0.15, 0.2) is 0 Å². The quantitative estimate of drug-likeness (QED) is 0.625. The van der Waals surface area contributed by atoms with Crippen molar-refractivity contribution >= 4 is 0 Å². The average molecular weight is 192 g/mol. The molecule has 0 radical (unpaired) electrons. The molecular formula is C13H20O. The van der Waals surface area contributed by atoms with Crippen molar-refractivity contribution in [3.63, 3.8) is 0 Å². The van der Waals surface area contributed by atoms with Crippen LogP contribution in [0.5, 0.6) is 0 Å². The number of aliphatic hydroxyl groups excluding tert-OH is 1. The van der Waals surface area contributed by atoms with Gasteiger partial charge in [-0.2, -0.15) is 0 Å². The van der Waals surface area contributed by atoms with Crippen LogP contribution in [0.15, 0.2) is 0 Å². The fraction of sp³-hybridized carbons (Fsp3) is 1.00. The van der Waals surface area contributed by atoms with Gasteiger partial charge < -0.3 is 5.11 Å². The van der Waals surface area contributed by atoms with Gasteiger partial charge in [0.2, 0.25) is 0 Å². The summed E-state index contributed by atoms with van der Waals surface area (Å²) < 4.78 is 0. The highest BCUT2D eigenvalue weighted by Gasteiger charge is 2.71. The Kier molecular flexibility index (Phi) is 1.29. The molecule has 0 heterocycles. The minimum absolute atomic E-state index is 0.0674. The molecule has 4 aliphatic rings. The predicted molar refractivity (Wildman–Crippen MR) is 54.8 cm³/mol. The van der Waals surface area contributed by atoms with Gasteiger partial charge in [-0.3, -0.25) is 0 Å². The summed E-state index contributed by atoms with van der Waals surface area (Å²) in [6, 6.07) is 0. The first kappa shape index (κ1) is 8.15. The van der Waals surface area contributed by atoms with Gasteiger partial charge in [-0.1, -0.05) is 0 Å². The standard InChI is InChI=1S/C13H20O/c14-11-4-6-12-7-8-13(11,12)5-3-9-1-2-10(9)12/h9-11,14H,1-8H2. The van der Waals surface area contributed by atoms with Crippen LogP contribution in [0.1, 0.15) is 51.4 Å². The van der Waals surface area contributed by atoms with E-state index in [2.05, 4.69) is 0 Å². The summed E-state index contributed by atoms with van der Waals surface area (Å²) in [5, 5.41) is 10.2. The Morgan fingerprint density at radius 3 is 2.21 bits per heavy atom. The van der Waals surface area contributed by atoms with Crippen molar-refractivity contribution in [2.24, 2.45) is 22.7 Å². The molecule has 0 aromatic heterocycles. The van der Waals surface area contributed by atoms with Gasteiger partial charge in [-0.25, -0.2) is 0 Å². The van der Waals surface area contributed by atoms with Crippen LogP contribution in [-0.4, -0.2) is 11.2 Å². The maximum absolute atomic E-state index is 10.2. The monoisotopic (exact) mass is 192 g/mol. The van der Waals surface area contributed by atoms with Crippen LogP contribution in [0, 0.1) is 22.7 Å². The minimum Gasteiger partial charge on any atom is -0.393 e. The largest absolute Gasteiger partial charge is 0.393 e. The van der Waals surface area contributed by atoms with E-state index in [-0.39, 0.29) is 6.10 Å². The van der Waals surface area contributed by atoms with Gasteiger partial charge in [0, 0.05) is 5.41 Å². The molecule has 0 amide bonds. The molecule has 4 aliphatic carbocycles. The van der Waals surface area contributed by atoms with Crippen LogP contribution >= 0.6 is 0 Å². The van der Waals surface area contributed by atoms with Crippen molar-refractivity contribution in [1.82, 2.24) is 0 Å².